The molecular formula is C9H18ClNO. The number of amides is 1. The standard InChI is InChI=1S/C9H18ClNO/c1-8(2,3)11-7(12)9(4,5)6-10/h6H2,1-5H3,(H,11,12). The number of nitrogens with one attached hydrogen (secondary N) is 1. The van der Waals surface area contributed by atoms with E-state index in [0.717, 1.165) is 0 Å². The van der Waals surface area contributed by atoms with Gasteiger partial charge < -0.3 is 5.32 Å². The SMILES string of the molecule is CC(C)(C)NC(=O)C(C)(C)CCl. The molecule has 12 heavy (non-hydrogen) atoms. The highest BCUT2D eigenvalue weighted by molar-refractivity contribution is 6.19. The zero-order valence-electron chi connectivity index (χ0n) is 8.49. The number of carbonyl (C=O) groups excluding carboxylic acids is 1. The van der Waals surface area contributed by atoms with Gasteiger partial charge in [-0.1, -0.05) is 0 Å². The van der Waals surface area contributed by atoms with E-state index in [1.54, 1.807) is 0 Å². The van der Waals surface area contributed by atoms with Crippen molar-refractivity contribution in [3.05, 3.63) is 0 Å². The maximum Gasteiger partial charge on any atom is 0.227 e. The van der Waals surface area contributed by atoms with E-state index < -0.39 is 5.41 Å². The molecule has 0 aliphatic carbocycles. The van der Waals surface area contributed by atoms with Crippen LogP contribution < -0.4 is 5.32 Å². The largest absolute Gasteiger partial charge is 0.351 e. The molecule has 0 heterocycles. The van der Waals surface area contributed by atoms with Crippen molar-refractivity contribution in [1.29, 1.82) is 0 Å². The minimum Gasteiger partial charge on any atom is -0.351 e. The number of rotatable bonds is 2. The summed E-state index contributed by atoms with van der Waals surface area (Å²) >= 11 is 5.66. The normalized spacial score (nSPS) is 12.8. The summed E-state index contributed by atoms with van der Waals surface area (Å²) in [5.74, 6) is 0.347. The molecule has 0 unspecified atom stereocenters. The summed E-state index contributed by atoms with van der Waals surface area (Å²) in [6.07, 6.45) is 0. The van der Waals surface area contributed by atoms with E-state index in [2.05, 4.69) is 5.32 Å². The summed E-state index contributed by atoms with van der Waals surface area (Å²) in [7, 11) is 0. The van der Waals surface area contributed by atoms with Crippen molar-refractivity contribution in [1.82, 2.24) is 5.32 Å². The lowest BCUT2D eigenvalue weighted by Crippen LogP contribution is -2.47. The molecule has 0 spiro atoms. The third-order valence-electron chi connectivity index (χ3n) is 1.44. The number of alkyl halides is 1. The zero-order valence-corrected chi connectivity index (χ0v) is 9.25. The summed E-state index contributed by atoms with van der Waals surface area (Å²) < 4.78 is 0. The van der Waals surface area contributed by atoms with Gasteiger partial charge >= 0.3 is 0 Å². The molecule has 0 bridgehead atoms. The van der Waals surface area contributed by atoms with Crippen LogP contribution in [0, 0.1) is 5.41 Å². The van der Waals surface area contributed by atoms with Crippen molar-refractivity contribution in [2.45, 2.75) is 40.2 Å². The number of carbonyl (C=O) groups is 1. The first-order valence-electron chi connectivity index (χ1n) is 4.07. The Kier molecular flexibility index (Phi) is 3.58. The second-order valence-corrected chi connectivity index (χ2v) is 4.99. The molecule has 1 amide bonds. The van der Waals surface area contributed by atoms with E-state index in [-0.39, 0.29) is 11.4 Å². The maximum atomic E-state index is 11.5. The second-order valence-electron chi connectivity index (χ2n) is 4.72. The second kappa shape index (κ2) is 3.65. The van der Waals surface area contributed by atoms with Crippen LogP contribution in [0.3, 0.4) is 0 Å². The monoisotopic (exact) mass is 191 g/mol. The third-order valence-corrected chi connectivity index (χ3v) is 2.11. The van der Waals surface area contributed by atoms with Crippen LogP contribution in [0.4, 0.5) is 0 Å². The highest BCUT2D eigenvalue weighted by Gasteiger charge is 2.29. The summed E-state index contributed by atoms with van der Waals surface area (Å²) in [5, 5.41) is 2.89. The number of halogens is 1. The Labute approximate surface area is 79.7 Å². The van der Waals surface area contributed by atoms with Crippen LogP contribution in [0.15, 0.2) is 0 Å². The third kappa shape index (κ3) is 3.96. The van der Waals surface area contributed by atoms with Gasteiger partial charge in [0.1, 0.15) is 0 Å². The fourth-order valence-electron chi connectivity index (χ4n) is 0.570. The molecule has 0 radical (unpaired) electrons. The van der Waals surface area contributed by atoms with Gasteiger partial charge in [-0.25, -0.2) is 0 Å². The van der Waals surface area contributed by atoms with Crippen LogP contribution in [0.5, 0.6) is 0 Å². The van der Waals surface area contributed by atoms with Gasteiger partial charge in [0.25, 0.3) is 0 Å². The zero-order chi connectivity index (χ0) is 9.99. The Hall–Kier alpha value is -0.240. The predicted octanol–water partition coefficient (Wildman–Crippen LogP) is 2.17. The molecule has 0 aliphatic rings. The van der Waals surface area contributed by atoms with E-state index in [1.165, 1.54) is 0 Å². The minimum atomic E-state index is -0.477. The minimum absolute atomic E-state index is 0.00463. The van der Waals surface area contributed by atoms with Gasteiger partial charge in [-0.2, -0.15) is 0 Å². The van der Waals surface area contributed by atoms with Gasteiger partial charge in [-0.3, -0.25) is 4.79 Å². The smallest absolute Gasteiger partial charge is 0.227 e. The van der Waals surface area contributed by atoms with E-state index in [1.807, 2.05) is 34.6 Å². The van der Waals surface area contributed by atoms with Crippen LogP contribution in [0.2, 0.25) is 0 Å². The molecule has 0 rings (SSSR count). The van der Waals surface area contributed by atoms with E-state index in [9.17, 15) is 4.79 Å². The molecule has 3 heteroatoms. The molecule has 0 saturated carbocycles. The molecule has 0 aromatic heterocycles. The molecule has 0 fully saturated rings. The molecule has 0 aromatic carbocycles. The Morgan fingerprint density at radius 3 is 1.92 bits per heavy atom. The van der Waals surface area contributed by atoms with Gasteiger partial charge in [-0.05, 0) is 34.6 Å². The number of hydrogen-bond acceptors (Lipinski definition) is 1. The summed E-state index contributed by atoms with van der Waals surface area (Å²) in [6.45, 7) is 9.53. The first-order valence-corrected chi connectivity index (χ1v) is 4.61. The van der Waals surface area contributed by atoms with Crippen molar-refractivity contribution in [2.75, 3.05) is 5.88 Å². The van der Waals surface area contributed by atoms with Gasteiger partial charge in [0.15, 0.2) is 0 Å². The Morgan fingerprint density at radius 1 is 1.25 bits per heavy atom. The fraction of sp³-hybridized carbons (Fsp3) is 0.889. The highest BCUT2D eigenvalue weighted by atomic mass is 35.5. The molecule has 0 atom stereocenters. The summed E-state index contributed by atoms with van der Waals surface area (Å²) in [4.78, 5) is 11.5. The van der Waals surface area contributed by atoms with Gasteiger partial charge in [-0.15, -0.1) is 11.6 Å². The maximum absolute atomic E-state index is 11.5. The fourth-order valence-corrected chi connectivity index (χ4v) is 0.692. The predicted molar refractivity (Wildman–Crippen MR) is 52.4 cm³/mol. The van der Waals surface area contributed by atoms with Crippen molar-refractivity contribution < 1.29 is 4.79 Å². The van der Waals surface area contributed by atoms with Crippen molar-refractivity contribution in [2.24, 2.45) is 5.41 Å². The van der Waals surface area contributed by atoms with Crippen LogP contribution in [-0.2, 0) is 4.79 Å². The lowest BCUT2D eigenvalue weighted by Gasteiger charge is -2.27. The molecule has 1 N–H and O–H groups in total. The topological polar surface area (TPSA) is 29.1 Å². The lowest BCUT2D eigenvalue weighted by atomic mass is 9.93. The first kappa shape index (κ1) is 11.8. The van der Waals surface area contributed by atoms with Gasteiger partial charge in [0.05, 0.1) is 5.41 Å². The molecule has 0 saturated heterocycles. The summed E-state index contributed by atoms with van der Waals surface area (Å²) in [6, 6.07) is 0. The van der Waals surface area contributed by atoms with Gasteiger partial charge in [0, 0.05) is 11.4 Å². The van der Waals surface area contributed by atoms with Crippen LogP contribution in [0.1, 0.15) is 34.6 Å². The van der Waals surface area contributed by atoms with Crippen LogP contribution in [-0.4, -0.2) is 17.3 Å². The van der Waals surface area contributed by atoms with E-state index in [0.29, 0.717) is 5.88 Å². The van der Waals surface area contributed by atoms with Crippen molar-refractivity contribution in [3.8, 4) is 0 Å². The Bertz CT molecular complexity index is 170. The van der Waals surface area contributed by atoms with Crippen molar-refractivity contribution in [3.63, 3.8) is 0 Å². The quantitative estimate of drug-likeness (QED) is 0.666. The van der Waals surface area contributed by atoms with Crippen LogP contribution in [0.25, 0.3) is 0 Å². The van der Waals surface area contributed by atoms with Gasteiger partial charge in [0.2, 0.25) is 5.91 Å². The van der Waals surface area contributed by atoms with Crippen LogP contribution >= 0.6 is 11.6 Å². The lowest BCUT2D eigenvalue weighted by molar-refractivity contribution is -0.129. The average Bonchev–Trinajstić information content (AvgIpc) is 1.84. The van der Waals surface area contributed by atoms with E-state index in [4.69, 9.17) is 11.6 Å². The molecular weight excluding hydrogens is 174 g/mol. The Balaban J connectivity index is 4.23. The Morgan fingerprint density at radius 2 is 1.67 bits per heavy atom. The highest BCUT2D eigenvalue weighted by Crippen LogP contribution is 2.18. The average molecular weight is 192 g/mol. The molecule has 72 valence electrons. The molecule has 0 aromatic rings. The molecule has 0 aliphatic heterocycles. The van der Waals surface area contributed by atoms with Crippen molar-refractivity contribution >= 4 is 17.5 Å². The summed E-state index contributed by atoms with van der Waals surface area (Å²) in [5.41, 5.74) is -0.657. The first-order chi connectivity index (χ1) is 5.19. The number of hydrogen-bond donors (Lipinski definition) is 1. The van der Waals surface area contributed by atoms with E-state index >= 15 is 0 Å². The molecule has 2 nitrogen and oxygen atoms in total.